The molecular formula is C12H15ClN2O3. The molecule has 18 heavy (non-hydrogen) atoms. The third-order valence-corrected chi connectivity index (χ3v) is 3.68. The highest BCUT2D eigenvalue weighted by Crippen LogP contribution is 2.38. The highest BCUT2D eigenvalue weighted by molar-refractivity contribution is 6.33. The molecule has 1 aliphatic rings. The molecule has 0 unspecified atom stereocenters. The first-order chi connectivity index (χ1) is 8.59. The summed E-state index contributed by atoms with van der Waals surface area (Å²) < 4.78 is 5.58. The maximum absolute atomic E-state index is 11.0. The fraction of sp³-hybridized carbons (Fsp3) is 0.583. The van der Waals surface area contributed by atoms with Crippen LogP contribution in [0.3, 0.4) is 0 Å². The van der Waals surface area contributed by atoms with E-state index in [1.165, 1.54) is 6.20 Å². The van der Waals surface area contributed by atoms with Gasteiger partial charge in [-0.3, -0.25) is 0 Å². The lowest BCUT2D eigenvalue weighted by Crippen LogP contribution is -2.33. The molecule has 0 aliphatic heterocycles. The molecule has 0 saturated heterocycles. The summed E-state index contributed by atoms with van der Waals surface area (Å²) in [6, 6.07) is 0. The lowest BCUT2D eigenvalue weighted by molar-refractivity contribution is -0.0516. The summed E-state index contributed by atoms with van der Waals surface area (Å²) >= 11 is 5.77. The van der Waals surface area contributed by atoms with Crippen LogP contribution in [-0.4, -0.2) is 28.2 Å². The minimum atomic E-state index is -1.15. The third kappa shape index (κ3) is 2.33. The van der Waals surface area contributed by atoms with E-state index in [9.17, 15) is 4.79 Å². The highest BCUT2D eigenvalue weighted by atomic mass is 35.5. The zero-order valence-corrected chi connectivity index (χ0v) is 10.9. The van der Waals surface area contributed by atoms with E-state index < -0.39 is 11.6 Å². The number of carbonyl (C=O) groups is 1. The SMILES string of the molecule is COC1(c2ncc(Cl)c(C(=O)O)n2)CCCCC1. The number of halogens is 1. The van der Waals surface area contributed by atoms with Crippen LogP contribution in [0.15, 0.2) is 6.20 Å². The summed E-state index contributed by atoms with van der Waals surface area (Å²) in [5.41, 5.74) is -0.726. The fourth-order valence-electron chi connectivity index (χ4n) is 2.38. The zero-order chi connectivity index (χ0) is 13.2. The largest absolute Gasteiger partial charge is 0.476 e. The van der Waals surface area contributed by atoms with Gasteiger partial charge in [-0.25, -0.2) is 14.8 Å². The average molecular weight is 271 g/mol. The second-order valence-electron chi connectivity index (χ2n) is 4.45. The first-order valence-corrected chi connectivity index (χ1v) is 6.28. The number of carboxylic acids is 1. The van der Waals surface area contributed by atoms with Crippen LogP contribution in [0, 0.1) is 0 Å². The topological polar surface area (TPSA) is 72.3 Å². The third-order valence-electron chi connectivity index (χ3n) is 3.41. The number of carboxylic acid groups (broad SMARTS) is 1. The molecule has 0 spiro atoms. The van der Waals surface area contributed by atoms with Gasteiger partial charge in [-0.15, -0.1) is 0 Å². The molecule has 1 fully saturated rings. The lowest BCUT2D eigenvalue weighted by atomic mass is 9.84. The van der Waals surface area contributed by atoms with Gasteiger partial charge in [-0.1, -0.05) is 30.9 Å². The van der Waals surface area contributed by atoms with Crippen molar-refractivity contribution < 1.29 is 14.6 Å². The first kappa shape index (κ1) is 13.2. The maximum atomic E-state index is 11.0. The van der Waals surface area contributed by atoms with E-state index in [4.69, 9.17) is 21.4 Å². The number of ether oxygens (including phenoxy) is 1. The van der Waals surface area contributed by atoms with Crippen LogP contribution in [0.4, 0.5) is 0 Å². The summed E-state index contributed by atoms with van der Waals surface area (Å²) in [5, 5.41) is 9.08. The number of hydrogen-bond acceptors (Lipinski definition) is 4. The smallest absolute Gasteiger partial charge is 0.356 e. The first-order valence-electron chi connectivity index (χ1n) is 5.90. The van der Waals surface area contributed by atoms with Gasteiger partial charge in [0.15, 0.2) is 11.5 Å². The number of hydrogen-bond donors (Lipinski definition) is 1. The van der Waals surface area contributed by atoms with E-state index in [-0.39, 0.29) is 10.7 Å². The van der Waals surface area contributed by atoms with Crippen molar-refractivity contribution in [3.05, 3.63) is 22.7 Å². The Bertz CT molecular complexity index is 459. The van der Waals surface area contributed by atoms with E-state index in [2.05, 4.69) is 9.97 Å². The minimum absolute atomic E-state index is 0.0494. The van der Waals surface area contributed by atoms with Gasteiger partial charge in [-0.2, -0.15) is 0 Å². The molecule has 1 aromatic heterocycles. The number of aromatic nitrogens is 2. The Morgan fingerprint density at radius 1 is 1.44 bits per heavy atom. The van der Waals surface area contributed by atoms with Gasteiger partial charge < -0.3 is 9.84 Å². The number of nitrogens with zero attached hydrogens (tertiary/aromatic N) is 2. The van der Waals surface area contributed by atoms with Gasteiger partial charge in [0.25, 0.3) is 0 Å². The van der Waals surface area contributed by atoms with Crippen molar-refractivity contribution in [2.24, 2.45) is 0 Å². The maximum Gasteiger partial charge on any atom is 0.356 e. The molecule has 0 radical (unpaired) electrons. The van der Waals surface area contributed by atoms with Gasteiger partial charge >= 0.3 is 5.97 Å². The number of rotatable bonds is 3. The van der Waals surface area contributed by atoms with Crippen molar-refractivity contribution in [3.8, 4) is 0 Å². The van der Waals surface area contributed by atoms with Crippen molar-refractivity contribution in [2.45, 2.75) is 37.7 Å². The molecule has 1 aromatic rings. The van der Waals surface area contributed by atoms with Crippen molar-refractivity contribution in [1.82, 2.24) is 9.97 Å². The molecule has 1 saturated carbocycles. The van der Waals surface area contributed by atoms with Crippen molar-refractivity contribution >= 4 is 17.6 Å². The summed E-state index contributed by atoms with van der Waals surface area (Å²) in [6.07, 6.45) is 6.17. The van der Waals surface area contributed by atoms with Crippen LogP contribution in [0.25, 0.3) is 0 Å². The average Bonchev–Trinajstić information content (AvgIpc) is 2.39. The van der Waals surface area contributed by atoms with Gasteiger partial charge in [0.1, 0.15) is 5.60 Å². The Labute approximate surface area is 110 Å². The molecule has 1 aliphatic carbocycles. The second-order valence-corrected chi connectivity index (χ2v) is 4.86. The molecule has 2 rings (SSSR count). The summed E-state index contributed by atoms with van der Waals surface area (Å²) in [7, 11) is 1.61. The molecule has 98 valence electrons. The minimum Gasteiger partial charge on any atom is -0.476 e. The lowest BCUT2D eigenvalue weighted by Gasteiger charge is -2.34. The Balaban J connectivity index is 2.42. The van der Waals surface area contributed by atoms with Crippen LogP contribution in [0.1, 0.15) is 48.4 Å². The molecule has 0 atom stereocenters. The second kappa shape index (κ2) is 5.20. The molecular weight excluding hydrogens is 256 g/mol. The fourth-order valence-corrected chi connectivity index (χ4v) is 2.55. The van der Waals surface area contributed by atoms with Gasteiger partial charge in [0, 0.05) is 7.11 Å². The highest BCUT2D eigenvalue weighted by Gasteiger charge is 2.37. The normalized spacial score (nSPS) is 18.6. The Morgan fingerprint density at radius 3 is 2.67 bits per heavy atom. The number of aromatic carboxylic acids is 1. The van der Waals surface area contributed by atoms with E-state index in [1.807, 2.05) is 0 Å². The Morgan fingerprint density at radius 2 is 2.11 bits per heavy atom. The molecule has 0 amide bonds. The van der Waals surface area contributed by atoms with Crippen molar-refractivity contribution in [2.75, 3.05) is 7.11 Å². The standard InChI is InChI=1S/C12H15ClN2O3/c1-18-12(5-3-2-4-6-12)11-14-7-8(13)9(15-11)10(16)17/h7H,2-6H2,1H3,(H,16,17). The van der Waals surface area contributed by atoms with Gasteiger partial charge in [-0.05, 0) is 12.8 Å². The molecule has 6 heteroatoms. The summed E-state index contributed by atoms with van der Waals surface area (Å²) in [5.74, 6) is -0.725. The Kier molecular flexibility index (Phi) is 3.82. The van der Waals surface area contributed by atoms with E-state index >= 15 is 0 Å². The molecule has 0 bridgehead atoms. The molecule has 1 heterocycles. The molecule has 5 nitrogen and oxygen atoms in total. The monoisotopic (exact) mass is 270 g/mol. The van der Waals surface area contributed by atoms with Crippen molar-refractivity contribution in [3.63, 3.8) is 0 Å². The van der Waals surface area contributed by atoms with Crippen LogP contribution in [0.2, 0.25) is 5.02 Å². The van der Waals surface area contributed by atoms with E-state index in [1.54, 1.807) is 7.11 Å². The van der Waals surface area contributed by atoms with Crippen molar-refractivity contribution in [1.29, 1.82) is 0 Å². The zero-order valence-electron chi connectivity index (χ0n) is 10.1. The predicted octanol–water partition coefficient (Wildman–Crippen LogP) is 2.63. The Hall–Kier alpha value is -1.20. The summed E-state index contributed by atoms with van der Waals surface area (Å²) in [4.78, 5) is 19.3. The predicted molar refractivity (Wildman–Crippen MR) is 65.8 cm³/mol. The number of methoxy groups -OCH3 is 1. The summed E-state index contributed by atoms with van der Waals surface area (Å²) in [6.45, 7) is 0. The molecule has 1 N–H and O–H groups in total. The molecule has 0 aromatic carbocycles. The van der Waals surface area contributed by atoms with Crippen LogP contribution in [-0.2, 0) is 10.3 Å². The van der Waals surface area contributed by atoms with E-state index in [0.29, 0.717) is 5.82 Å². The van der Waals surface area contributed by atoms with Crippen LogP contribution < -0.4 is 0 Å². The van der Waals surface area contributed by atoms with Gasteiger partial charge in [0.05, 0.1) is 11.2 Å². The van der Waals surface area contributed by atoms with Crippen LogP contribution >= 0.6 is 11.6 Å². The van der Waals surface area contributed by atoms with E-state index in [0.717, 1.165) is 32.1 Å². The van der Waals surface area contributed by atoms with Crippen LogP contribution in [0.5, 0.6) is 0 Å². The van der Waals surface area contributed by atoms with Gasteiger partial charge in [0.2, 0.25) is 0 Å². The quantitative estimate of drug-likeness (QED) is 0.914.